The van der Waals surface area contributed by atoms with Crippen LogP contribution in [0.4, 0.5) is 5.69 Å². The van der Waals surface area contributed by atoms with Crippen molar-refractivity contribution in [2.24, 2.45) is 0 Å². The summed E-state index contributed by atoms with van der Waals surface area (Å²) in [4.78, 5) is 12.5. The summed E-state index contributed by atoms with van der Waals surface area (Å²) < 4.78 is 6.43. The molecule has 0 saturated heterocycles. The lowest BCUT2D eigenvalue weighted by atomic mass is 10.0. The standard InChI is InChI=1S/C16H16BrNO2/c1-10(2)20-13-5-3-4-11(8-13)16(19)14-9-12(17)6-7-15(14)18/h3-10H,18H2,1-2H3. The lowest BCUT2D eigenvalue weighted by molar-refractivity contribution is 0.103. The quantitative estimate of drug-likeness (QED) is 0.678. The number of hydrogen-bond donors (Lipinski definition) is 1. The zero-order chi connectivity index (χ0) is 14.7. The van der Waals surface area contributed by atoms with Crippen LogP contribution in [0, 0.1) is 0 Å². The van der Waals surface area contributed by atoms with Gasteiger partial charge in [0.1, 0.15) is 5.75 Å². The van der Waals surface area contributed by atoms with Gasteiger partial charge in [0.2, 0.25) is 0 Å². The molecule has 0 radical (unpaired) electrons. The largest absolute Gasteiger partial charge is 0.491 e. The van der Waals surface area contributed by atoms with Crippen molar-refractivity contribution in [2.75, 3.05) is 5.73 Å². The van der Waals surface area contributed by atoms with Gasteiger partial charge >= 0.3 is 0 Å². The maximum atomic E-state index is 12.5. The molecule has 0 fully saturated rings. The van der Waals surface area contributed by atoms with Gasteiger partial charge in [-0.25, -0.2) is 0 Å². The van der Waals surface area contributed by atoms with Crippen molar-refractivity contribution in [2.45, 2.75) is 20.0 Å². The molecule has 0 aliphatic heterocycles. The van der Waals surface area contributed by atoms with Gasteiger partial charge in [-0.3, -0.25) is 4.79 Å². The summed E-state index contributed by atoms with van der Waals surface area (Å²) in [5.41, 5.74) is 7.39. The Bertz CT molecular complexity index is 638. The molecule has 0 atom stereocenters. The van der Waals surface area contributed by atoms with Crippen molar-refractivity contribution in [3.63, 3.8) is 0 Å². The second-order valence-corrected chi connectivity index (χ2v) is 5.67. The van der Waals surface area contributed by atoms with Gasteiger partial charge in [0, 0.05) is 21.3 Å². The number of benzene rings is 2. The van der Waals surface area contributed by atoms with E-state index in [9.17, 15) is 4.79 Å². The van der Waals surface area contributed by atoms with E-state index in [2.05, 4.69) is 15.9 Å². The normalized spacial score (nSPS) is 10.6. The Kier molecular flexibility index (Phi) is 4.45. The summed E-state index contributed by atoms with van der Waals surface area (Å²) in [6.07, 6.45) is 0.0660. The maximum Gasteiger partial charge on any atom is 0.195 e. The summed E-state index contributed by atoms with van der Waals surface area (Å²) in [7, 11) is 0. The molecule has 2 aromatic rings. The smallest absolute Gasteiger partial charge is 0.195 e. The van der Waals surface area contributed by atoms with Crippen LogP contribution in [-0.4, -0.2) is 11.9 Å². The fourth-order valence-electron chi connectivity index (χ4n) is 1.86. The predicted molar refractivity (Wildman–Crippen MR) is 84.2 cm³/mol. The van der Waals surface area contributed by atoms with Crippen LogP contribution in [0.15, 0.2) is 46.9 Å². The molecule has 0 bridgehead atoms. The fraction of sp³-hybridized carbons (Fsp3) is 0.188. The van der Waals surface area contributed by atoms with Crippen LogP contribution in [0.5, 0.6) is 5.75 Å². The highest BCUT2D eigenvalue weighted by atomic mass is 79.9. The van der Waals surface area contributed by atoms with E-state index in [0.29, 0.717) is 22.6 Å². The van der Waals surface area contributed by atoms with E-state index in [-0.39, 0.29) is 11.9 Å². The van der Waals surface area contributed by atoms with Gasteiger partial charge in [-0.15, -0.1) is 0 Å². The molecule has 2 N–H and O–H groups in total. The van der Waals surface area contributed by atoms with E-state index in [0.717, 1.165) is 4.47 Å². The Morgan fingerprint density at radius 1 is 1.20 bits per heavy atom. The van der Waals surface area contributed by atoms with Crippen molar-refractivity contribution >= 4 is 27.4 Å². The average molecular weight is 334 g/mol. The van der Waals surface area contributed by atoms with E-state index < -0.39 is 0 Å². The maximum absolute atomic E-state index is 12.5. The molecule has 2 rings (SSSR count). The van der Waals surface area contributed by atoms with Crippen LogP contribution in [0.3, 0.4) is 0 Å². The molecule has 0 spiro atoms. The molecular formula is C16H16BrNO2. The van der Waals surface area contributed by atoms with Gasteiger partial charge in [-0.05, 0) is 44.2 Å². The molecule has 0 saturated carbocycles. The monoisotopic (exact) mass is 333 g/mol. The lowest BCUT2D eigenvalue weighted by Crippen LogP contribution is -2.08. The third-order valence-electron chi connectivity index (χ3n) is 2.73. The molecule has 0 heterocycles. The van der Waals surface area contributed by atoms with Gasteiger partial charge in [-0.2, -0.15) is 0 Å². The molecule has 3 nitrogen and oxygen atoms in total. The number of hydrogen-bond acceptors (Lipinski definition) is 3. The molecule has 0 unspecified atom stereocenters. The van der Waals surface area contributed by atoms with Crippen LogP contribution in [0.2, 0.25) is 0 Å². The second kappa shape index (κ2) is 6.09. The van der Waals surface area contributed by atoms with Crippen molar-refractivity contribution in [3.8, 4) is 5.75 Å². The summed E-state index contributed by atoms with van der Waals surface area (Å²) in [6, 6.07) is 12.4. The molecule has 4 heteroatoms. The van der Waals surface area contributed by atoms with E-state index >= 15 is 0 Å². The Hall–Kier alpha value is -1.81. The zero-order valence-corrected chi connectivity index (χ0v) is 13.0. The van der Waals surface area contributed by atoms with Gasteiger partial charge < -0.3 is 10.5 Å². The number of halogens is 1. The molecule has 2 aromatic carbocycles. The highest BCUT2D eigenvalue weighted by molar-refractivity contribution is 9.10. The summed E-state index contributed by atoms with van der Waals surface area (Å²) in [6.45, 7) is 3.89. The number of ketones is 1. The van der Waals surface area contributed by atoms with E-state index in [1.807, 2.05) is 26.0 Å². The van der Waals surface area contributed by atoms with E-state index in [1.165, 1.54) is 0 Å². The van der Waals surface area contributed by atoms with Crippen LogP contribution < -0.4 is 10.5 Å². The zero-order valence-electron chi connectivity index (χ0n) is 11.4. The molecule has 0 aliphatic carbocycles. The van der Waals surface area contributed by atoms with Crippen molar-refractivity contribution in [1.82, 2.24) is 0 Å². The topological polar surface area (TPSA) is 52.3 Å². The number of carbonyl (C=O) groups excluding carboxylic acids is 1. The van der Waals surface area contributed by atoms with Crippen molar-refractivity contribution in [3.05, 3.63) is 58.1 Å². The Labute approximate surface area is 126 Å². The van der Waals surface area contributed by atoms with Gasteiger partial charge in [-0.1, -0.05) is 28.1 Å². The first-order valence-electron chi connectivity index (χ1n) is 6.34. The molecular weight excluding hydrogens is 318 g/mol. The minimum absolute atomic E-state index is 0.0660. The molecule has 0 amide bonds. The number of anilines is 1. The van der Waals surface area contributed by atoms with Crippen LogP contribution in [0.1, 0.15) is 29.8 Å². The van der Waals surface area contributed by atoms with Gasteiger partial charge in [0.25, 0.3) is 0 Å². The first-order chi connectivity index (χ1) is 9.47. The third kappa shape index (κ3) is 3.39. The molecule has 104 valence electrons. The Morgan fingerprint density at radius 2 is 1.95 bits per heavy atom. The van der Waals surface area contributed by atoms with Crippen LogP contribution in [0.25, 0.3) is 0 Å². The lowest BCUT2D eigenvalue weighted by Gasteiger charge is -2.11. The van der Waals surface area contributed by atoms with Crippen molar-refractivity contribution in [1.29, 1.82) is 0 Å². The fourth-order valence-corrected chi connectivity index (χ4v) is 2.22. The van der Waals surface area contributed by atoms with Crippen LogP contribution >= 0.6 is 15.9 Å². The van der Waals surface area contributed by atoms with Crippen molar-refractivity contribution < 1.29 is 9.53 Å². The number of carbonyl (C=O) groups is 1. The summed E-state index contributed by atoms with van der Waals surface area (Å²) >= 11 is 3.35. The second-order valence-electron chi connectivity index (χ2n) is 4.76. The Morgan fingerprint density at radius 3 is 2.65 bits per heavy atom. The summed E-state index contributed by atoms with van der Waals surface area (Å²) in [5.74, 6) is 0.567. The number of nitrogen functional groups attached to an aromatic ring is 1. The summed E-state index contributed by atoms with van der Waals surface area (Å²) in [5, 5.41) is 0. The molecule has 0 aliphatic rings. The minimum Gasteiger partial charge on any atom is -0.491 e. The van der Waals surface area contributed by atoms with Gasteiger partial charge in [0.15, 0.2) is 5.78 Å². The first kappa shape index (κ1) is 14.6. The third-order valence-corrected chi connectivity index (χ3v) is 3.22. The average Bonchev–Trinajstić information content (AvgIpc) is 2.40. The minimum atomic E-state index is -0.113. The van der Waals surface area contributed by atoms with E-state index in [1.54, 1.807) is 30.3 Å². The Balaban J connectivity index is 2.35. The molecule has 0 aromatic heterocycles. The highest BCUT2D eigenvalue weighted by Crippen LogP contribution is 2.23. The van der Waals surface area contributed by atoms with Crippen LogP contribution in [-0.2, 0) is 0 Å². The van der Waals surface area contributed by atoms with Gasteiger partial charge in [0.05, 0.1) is 6.10 Å². The molecule has 20 heavy (non-hydrogen) atoms. The first-order valence-corrected chi connectivity index (χ1v) is 7.13. The predicted octanol–water partition coefficient (Wildman–Crippen LogP) is 4.05. The number of ether oxygens (including phenoxy) is 1. The number of rotatable bonds is 4. The SMILES string of the molecule is CC(C)Oc1cccc(C(=O)c2cc(Br)ccc2N)c1. The highest BCUT2D eigenvalue weighted by Gasteiger charge is 2.13. The van der Waals surface area contributed by atoms with E-state index in [4.69, 9.17) is 10.5 Å². The number of nitrogens with two attached hydrogens (primary N) is 1.